The van der Waals surface area contributed by atoms with Crippen molar-refractivity contribution >= 4 is 11.8 Å². The van der Waals surface area contributed by atoms with E-state index < -0.39 is 0 Å². The number of morpholine rings is 1. The maximum atomic E-state index is 12.5. The minimum Gasteiger partial charge on any atom is -0.379 e. The number of carbonyl (C=O) groups is 2. The number of carbonyl (C=O) groups excluding carboxylic acids is 2. The molecule has 3 heterocycles. The van der Waals surface area contributed by atoms with Gasteiger partial charge in [-0.15, -0.1) is 0 Å². The zero-order chi connectivity index (χ0) is 19.2. The van der Waals surface area contributed by atoms with E-state index in [9.17, 15) is 9.59 Å². The molecule has 0 radical (unpaired) electrons. The van der Waals surface area contributed by atoms with Gasteiger partial charge in [-0.1, -0.05) is 0 Å². The van der Waals surface area contributed by atoms with Crippen LogP contribution in [0.15, 0.2) is 6.20 Å². The number of nitrogens with one attached hydrogen (secondary N) is 3. The lowest BCUT2D eigenvalue weighted by atomic mass is 10.1. The molecule has 2 aliphatic rings. The predicted molar refractivity (Wildman–Crippen MR) is 100 cm³/mol. The number of amides is 2. The molecule has 2 fully saturated rings. The number of hydrogen-bond acceptors (Lipinski definition) is 6. The minimum atomic E-state index is -0.224. The number of likely N-dealkylation sites (tertiary alicyclic amines) is 1. The molecule has 0 unspecified atom stereocenters. The number of aromatic amines is 1. The van der Waals surface area contributed by atoms with Crippen LogP contribution in [0, 0.1) is 6.92 Å². The molecular formula is C18H30N6O3. The van der Waals surface area contributed by atoms with Gasteiger partial charge in [0.2, 0.25) is 5.91 Å². The van der Waals surface area contributed by atoms with Gasteiger partial charge < -0.3 is 20.4 Å². The molecule has 150 valence electrons. The molecule has 27 heavy (non-hydrogen) atoms. The Morgan fingerprint density at radius 1 is 1.33 bits per heavy atom. The number of hydrogen-bond donors (Lipinski definition) is 3. The number of likely N-dealkylation sites (N-methyl/N-ethyl adjacent to an activating group) is 1. The third-order valence-corrected chi connectivity index (χ3v) is 5.12. The summed E-state index contributed by atoms with van der Waals surface area (Å²) in [5.74, 6) is 0.122. The van der Waals surface area contributed by atoms with E-state index in [0.717, 1.165) is 45.1 Å². The van der Waals surface area contributed by atoms with Crippen molar-refractivity contribution in [3.63, 3.8) is 0 Å². The molecule has 3 N–H and O–H groups in total. The highest BCUT2D eigenvalue weighted by atomic mass is 16.5. The van der Waals surface area contributed by atoms with E-state index in [1.54, 1.807) is 6.20 Å². The van der Waals surface area contributed by atoms with Gasteiger partial charge in [0, 0.05) is 57.2 Å². The minimum absolute atomic E-state index is 0.0325. The van der Waals surface area contributed by atoms with Crippen LogP contribution in [0.4, 0.5) is 0 Å². The molecule has 2 saturated heterocycles. The van der Waals surface area contributed by atoms with E-state index in [0.29, 0.717) is 25.3 Å². The van der Waals surface area contributed by atoms with Crippen LogP contribution in [-0.4, -0.2) is 96.1 Å². The Labute approximate surface area is 159 Å². The standard InChI is InChI=1S/C18H30N6O3/c1-3-19-17(25)15-10-14(22-18(26)16-20-11-13(2)21-16)12-24(15)5-4-23-6-8-27-9-7-23/h11,14-15H,3-10,12H2,1-2H3,(H,19,25)(H,20,21)(H,22,26)/t14-,15-/m0/s1. The van der Waals surface area contributed by atoms with Gasteiger partial charge in [-0.2, -0.15) is 0 Å². The molecule has 0 saturated carbocycles. The van der Waals surface area contributed by atoms with Gasteiger partial charge in [0.1, 0.15) is 0 Å². The molecule has 0 bridgehead atoms. The number of rotatable bonds is 7. The summed E-state index contributed by atoms with van der Waals surface area (Å²) in [6.45, 7) is 10.1. The molecule has 0 aromatic carbocycles. The largest absolute Gasteiger partial charge is 0.379 e. The summed E-state index contributed by atoms with van der Waals surface area (Å²) in [6, 6.07) is -0.283. The van der Waals surface area contributed by atoms with Crippen LogP contribution in [0.3, 0.4) is 0 Å². The summed E-state index contributed by atoms with van der Waals surface area (Å²) in [5.41, 5.74) is 0.846. The quantitative estimate of drug-likeness (QED) is 0.583. The van der Waals surface area contributed by atoms with Crippen molar-refractivity contribution in [2.75, 3.05) is 52.5 Å². The van der Waals surface area contributed by atoms with Gasteiger partial charge in [0.05, 0.1) is 19.3 Å². The SMILES string of the molecule is CCNC(=O)[C@@H]1C[C@H](NC(=O)c2ncc(C)[nH]2)CN1CCN1CCOCC1. The van der Waals surface area contributed by atoms with Crippen LogP contribution in [0.2, 0.25) is 0 Å². The summed E-state index contributed by atoms with van der Waals surface area (Å²) in [4.78, 5) is 36.4. The van der Waals surface area contributed by atoms with Crippen molar-refractivity contribution < 1.29 is 14.3 Å². The van der Waals surface area contributed by atoms with Crippen LogP contribution in [-0.2, 0) is 9.53 Å². The van der Waals surface area contributed by atoms with Crippen molar-refractivity contribution in [2.45, 2.75) is 32.4 Å². The summed E-state index contributed by atoms with van der Waals surface area (Å²) < 4.78 is 5.39. The first-order valence-electron chi connectivity index (χ1n) is 9.71. The molecule has 3 rings (SSSR count). The molecule has 2 atom stereocenters. The van der Waals surface area contributed by atoms with E-state index in [4.69, 9.17) is 4.74 Å². The first-order chi connectivity index (χ1) is 13.1. The monoisotopic (exact) mass is 378 g/mol. The normalized spacial score (nSPS) is 24.1. The second-order valence-electron chi connectivity index (χ2n) is 7.18. The average molecular weight is 378 g/mol. The van der Waals surface area contributed by atoms with Crippen LogP contribution in [0.1, 0.15) is 29.7 Å². The highest BCUT2D eigenvalue weighted by Gasteiger charge is 2.37. The van der Waals surface area contributed by atoms with Crippen molar-refractivity contribution in [3.05, 3.63) is 17.7 Å². The van der Waals surface area contributed by atoms with Gasteiger partial charge in [-0.3, -0.25) is 19.4 Å². The Bertz CT molecular complexity index is 643. The molecule has 1 aromatic rings. The maximum absolute atomic E-state index is 12.5. The van der Waals surface area contributed by atoms with E-state index in [-0.39, 0.29) is 23.9 Å². The van der Waals surface area contributed by atoms with Crippen LogP contribution < -0.4 is 10.6 Å². The van der Waals surface area contributed by atoms with Crippen molar-refractivity contribution in [1.29, 1.82) is 0 Å². The fourth-order valence-corrected chi connectivity index (χ4v) is 3.70. The smallest absolute Gasteiger partial charge is 0.287 e. The number of H-pyrrole nitrogens is 1. The average Bonchev–Trinajstić information content (AvgIpc) is 3.27. The third kappa shape index (κ3) is 5.27. The van der Waals surface area contributed by atoms with Crippen molar-refractivity contribution in [3.8, 4) is 0 Å². The first-order valence-corrected chi connectivity index (χ1v) is 9.71. The lowest BCUT2D eigenvalue weighted by Crippen LogP contribution is -2.47. The van der Waals surface area contributed by atoms with Gasteiger partial charge in [-0.25, -0.2) is 4.98 Å². The molecular weight excluding hydrogens is 348 g/mol. The molecule has 0 aliphatic carbocycles. The molecule has 2 aliphatic heterocycles. The van der Waals surface area contributed by atoms with E-state index >= 15 is 0 Å². The Morgan fingerprint density at radius 3 is 2.78 bits per heavy atom. The maximum Gasteiger partial charge on any atom is 0.287 e. The molecule has 9 nitrogen and oxygen atoms in total. The van der Waals surface area contributed by atoms with Crippen molar-refractivity contribution in [1.82, 2.24) is 30.4 Å². The highest BCUT2D eigenvalue weighted by molar-refractivity contribution is 5.91. The van der Waals surface area contributed by atoms with Gasteiger partial charge in [0.15, 0.2) is 5.82 Å². The second-order valence-corrected chi connectivity index (χ2v) is 7.18. The summed E-state index contributed by atoms with van der Waals surface area (Å²) in [6.07, 6.45) is 2.25. The zero-order valence-corrected chi connectivity index (χ0v) is 16.2. The van der Waals surface area contributed by atoms with E-state index in [2.05, 4.69) is 30.4 Å². The number of aromatic nitrogens is 2. The molecule has 9 heteroatoms. The number of nitrogens with zero attached hydrogens (tertiary/aromatic N) is 3. The highest BCUT2D eigenvalue weighted by Crippen LogP contribution is 2.19. The van der Waals surface area contributed by atoms with E-state index in [1.165, 1.54) is 0 Å². The Balaban J connectivity index is 1.58. The first kappa shape index (κ1) is 19.8. The summed E-state index contributed by atoms with van der Waals surface area (Å²) in [7, 11) is 0. The van der Waals surface area contributed by atoms with Crippen molar-refractivity contribution in [2.24, 2.45) is 0 Å². The lowest BCUT2D eigenvalue weighted by molar-refractivity contribution is -0.125. The number of imidazole rings is 1. The number of ether oxygens (including phenoxy) is 1. The molecule has 0 spiro atoms. The Kier molecular flexibility index (Phi) is 6.81. The lowest BCUT2D eigenvalue weighted by Gasteiger charge is -2.30. The Morgan fingerprint density at radius 2 is 2.11 bits per heavy atom. The Hall–Kier alpha value is -1.97. The predicted octanol–water partition coefficient (Wildman–Crippen LogP) is -0.641. The van der Waals surface area contributed by atoms with E-state index in [1.807, 2.05) is 13.8 Å². The van der Waals surface area contributed by atoms with Crippen LogP contribution >= 0.6 is 0 Å². The fraction of sp³-hybridized carbons (Fsp3) is 0.722. The summed E-state index contributed by atoms with van der Waals surface area (Å²) >= 11 is 0. The molecule has 2 amide bonds. The van der Waals surface area contributed by atoms with Crippen LogP contribution in [0.25, 0.3) is 0 Å². The summed E-state index contributed by atoms with van der Waals surface area (Å²) in [5, 5.41) is 5.93. The topological polar surface area (TPSA) is 103 Å². The van der Waals surface area contributed by atoms with Gasteiger partial charge in [0.25, 0.3) is 5.91 Å². The molecule has 1 aromatic heterocycles. The zero-order valence-electron chi connectivity index (χ0n) is 16.2. The second kappa shape index (κ2) is 9.29. The van der Waals surface area contributed by atoms with Gasteiger partial charge >= 0.3 is 0 Å². The van der Waals surface area contributed by atoms with Crippen LogP contribution in [0.5, 0.6) is 0 Å². The third-order valence-electron chi connectivity index (χ3n) is 5.12. The number of aryl methyl sites for hydroxylation is 1. The van der Waals surface area contributed by atoms with Gasteiger partial charge in [-0.05, 0) is 20.3 Å². The fourth-order valence-electron chi connectivity index (χ4n) is 3.70.